The molecule has 0 saturated carbocycles. The number of halogens is 4. The number of hydrogen-bond acceptors (Lipinski definition) is 3. The molecule has 0 spiro atoms. The van der Waals surface area contributed by atoms with Gasteiger partial charge in [0.25, 0.3) is 12.3 Å². The van der Waals surface area contributed by atoms with Gasteiger partial charge in [-0.2, -0.15) is 0 Å². The lowest BCUT2D eigenvalue weighted by atomic mass is 10.2. The van der Waals surface area contributed by atoms with Crippen molar-refractivity contribution in [2.45, 2.75) is 11.3 Å². The fraction of sp³-hybridized carbons (Fsp3) is 0.222. The fourth-order valence-corrected chi connectivity index (χ4v) is 3.01. The second-order valence-corrected chi connectivity index (χ2v) is 6.15. The minimum atomic E-state index is -4.10. The Morgan fingerprint density at radius 1 is 1.47 bits per heavy atom. The molecule has 0 heterocycles. The third-order valence-electron chi connectivity index (χ3n) is 1.98. The van der Waals surface area contributed by atoms with E-state index in [1.807, 2.05) is 5.32 Å². The molecule has 19 heavy (non-hydrogen) atoms. The van der Waals surface area contributed by atoms with Crippen LogP contribution in [0, 0.1) is 0 Å². The molecule has 3 N–H and O–H groups in total. The van der Waals surface area contributed by atoms with Gasteiger partial charge in [-0.15, -0.1) is 0 Å². The molecule has 0 aliphatic rings. The van der Waals surface area contributed by atoms with Crippen LogP contribution in [0.4, 0.5) is 8.78 Å². The van der Waals surface area contributed by atoms with Gasteiger partial charge in [0.2, 0.25) is 10.0 Å². The molecule has 0 saturated heterocycles. The zero-order chi connectivity index (χ0) is 14.8. The molecule has 10 heteroatoms. The Morgan fingerprint density at radius 3 is 2.53 bits per heavy atom. The average Bonchev–Trinajstić information content (AvgIpc) is 2.27. The number of carbonyl (C=O) groups is 1. The summed E-state index contributed by atoms with van der Waals surface area (Å²) in [7, 11) is -4.10. The van der Waals surface area contributed by atoms with Crippen LogP contribution in [0.1, 0.15) is 10.4 Å². The largest absolute Gasteiger partial charge is 0.346 e. The van der Waals surface area contributed by atoms with Crippen LogP contribution >= 0.6 is 27.5 Å². The lowest BCUT2D eigenvalue weighted by Gasteiger charge is -2.09. The lowest BCUT2D eigenvalue weighted by molar-refractivity contribution is 0.0891. The van der Waals surface area contributed by atoms with E-state index >= 15 is 0 Å². The van der Waals surface area contributed by atoms with Crippen LogP contribution < -0.4 is 10.5 Å². The number of amides is 1. The molecule has 1 aromatic carbocycles. The van der Waals surface area contributed by atoms with Crippen LogP contribution in [0.3, 0.4) is 0 Å². The van der Waals surface area contributed by atoms with E-state index in [4.69, 9.17) is 16.7 Å². The first kappa shape index (κ1) is 16.3. The van der Waals surface area contributed by atoms with Gasteiger partial charge in [-0.05, 0) is 28.1 Å². The van der Waals surface area contributed by atoms with Crippen LogP contribution in [0.15, 0.2) is 21.5 Å². The molecule has 0 bridgehead atoms. The molecule has 1 aromatic rings. The van der Waals surface area contributed by atoms with Gasteiger partial charge in [-0.3, -0.25) is 4.79 Å². The van der Waals surface area contributed by atoms with Gasteiger partial charge in [0.15, 0.2) is 0 Å². The van der Waals surface area contributed by atoms with Crippen molar-refractivity contribution >= 4 is 43.5 Å². The summed E-state index contributed by atoms with van der Waals surface area (Å²) in [6.07, 6.45) is -2.72. The Bertz CT molecular complexity index is 610. The van der Waals surface area contributed by atoms with Gasteiger partial charge in [0, 0.05) is 5.56 Å². The predicted molar refractivity (Wildman–Crippen MR) is 68.9 cm³/mol. The molecule has 0 aromatic heterocycles. The summed E-state index contributed by atoms with van der Waals surface area (Å²) in [5.74, 6) is -0.875. The monoisotopic (exact) mass is 376 g/mol. The highest BCUT2D eigenvalue weighted by Crippen LogP contribution is 2.30. The quantitative estimate of drug-likeness (QED) is 0.837. The van der Waals surface area contributed by atoms with Crippen molar-refractivity contribution in [1.82, 2.24) is 5.32 Å². The number of primary sulfonamides is 1. The molecule has 106 valence electrons. The van der Waals surface area contributed by atoms with E-state index in [0.29, 0.717) is 0 Å². The summed E-state index contributed by atoms with van der Waals surface area (Å²) in [6, 6.07) is 2.09. The second-order valence-electron chi connectivity index (χ2n) is 3.42. The highest BCUT2D eigenvalue weighted by atomic mass is 79.9. The molecule has 1 rings (SSSR count). The maximum Gasteiger partial charge on any atom is 0.255 e. The Balaban J connectivity index is 3.18. The lowest BCUT2D eigenvalue weighted by Crippen LogP contribution is -2.28. The number of nitrogens with two attached hydrogens (primary N) is 1. The first-order valence-corrected chi connectivity index (χ1v) is 7.43. The van der Waals surface area contributed by atoms with Gasteiger partial charge in [-0.25, -0.2) is 22.3 Å². The van der Waals surface area contributed by atoms with E-state index in [1.54, 1.807) is 0 Å². The fourth-order valence-electron chi connectivity index (χ4n) is 1.17. The summed E-state index contributed by atoms with van der Waals surface area (Å²) in [5.41, 5.74) is -0.183. The molecular weight excluding hydrogens is 370 g/mol. The average molecular weight is 378 g/mol. The smallest absolute Gasteiger partial charge is 0.255 e. The molecule has 0 radical (unpaired) electrons. The number of nitrogens with one attached hydrogen (secondary N) is 1. The number of benzene rings is 1. The van der Waals surface area contributed by atoms with Gasteiger partial charge >= 0.3 is 0 Å². The van der Waals surface area contributed by atoms with Crippen molar-refractivity contribution < 1.29 is 22.0 Å². The number of carbonyl (C=O) groups excluding carboxylic acids is 1. The van der Waals surface area contributed by atoms with Crippen LogP contribution in [0.25, 0.3) is 0 Å². The predicted octanol–water partition coefficient (Wildman–Crippen LogP) is 1.74. The molecule has 0 atom stereocenters. The topological polar surface area (TPSA) is 89.3 Å². The SMILES string of the molecule is NS(=O)(=O)c1cc(C(=O)NCC(F)F)cc(Cl)c1Br. The summed E-state index contributed by atoms with van der Waals surface area (Å²) < 4.78 is 46.5. The van der Waals surface area contributed by atoms with Crippen LogP contribution in [-0.4, -0.2) is 27.3 Å². The molecule has 0 fully saturated rings. The molecule has 1 amide bonds. The van der Waals surface area contributed by atoms with E-state index < -0.39 is 33.8 Å². The molecular formula is C9H8BrClF2N2O3S. The summed E-state index contributed by atoms with van der Waals surface area (Å²) >= 11 is 8.66. The molecule has 0 unspecified atom stereocenters. The maximum absolute atomic E-state index is 12.0. The number of rotatable bonds is 4. The zero-order valence-electron chi connectivity index (χ0n) is 9.16. The Hall–Kier alpha value is -0.770. The highest BCUT2D eigenvalue weighted by molar-refractivity contribution is 9.10. The highest BCUT2D eigenvalue weighted by Gasteiger charge is 2.19. The Labute approximate surface area is 121 Å². The molecule has 0 aliphatic carbocycles. The third kappa shape index (κ3) is 4.37. The van der Waals surface area contributed by atoms with Crippen molar-refractivity contribution in [2.24, 2.45) is 5.14 Å². The number of hydrogen-bond donors (Lipinski definition) is 2. The van der Waals surface area contributed by atoms with Gasteiger partial charge in [0.1, 0.15) is 0 Å². The standard InChI is InChI=1S/C9H8BrClF2N2O3S/c10-8-5(11)1-4(2-6(8)19(14,17)18)9(16)15-3-7(12)13/h1-2,7H,3H2,(H,15,16)(H2,14,17,18). The van der Waals surface area contributed by atoms with Gasteiger partial charge < -0.3 is 5.32 Å². The van der Waals surface area contributed by atoms with E-state index in [-0.39, 0.29) is 15.1 Å². The number of alkyl halides is 2. The van der Waals surface area contributed by atoms with E-state index in [1.165, 1.54) is 0 Å². The van der Waals surface area contributed by atoms with Crippen molar-refractivity contribution in [2.75, 3.05) is 6.54 Å². The Kier molecular flexibility index (Phi) is 5.25. The third-order valence-corrected chi connectivity index (χ3v) is 4.56. The van der Waals surface area contributed by atoms with Crippen LogP contribution in [-0.2, 0) is 10.0 Å². The summed E-state index contributed by atoms with van der Waals surface area (Å²) in [5, 5.41) is 6.80. The van der Waals surface area contributed by atoms with Crippen molar-refractivity contribution in [3.8, 4) is 0 Å². The zero-order valence-corrected chi connectivity index (χ0v) is 12.3. The van der Waals surface area contributed by atoms with Crippen molar-refractivity contribution in [1.29, 1.82) is 0 Å². The minimum Gasteiger partial charge on any atom is -0.346 e. The summed E-state index contributed by atoms with van der Waals surface area (Å²) in [4.78, 5) is 11.1. The molecule has 5 nitrogen and oxygen atoms in total. The van der Waals surface area contributed by atoms with Crippen molar-refractivity contribution in [3.63, 3.8) is 0 Å². The summed E-state index contributed by atoms with van der Waals surface area (Å²) in [6.45, 7) is -0.850. The van der Waals surface area contributed by atoms with Crippen LogP contribution in [0.2, 0.25) is 5.02 Å². The molecule has 0 aliphatic heterocycles. The van der Waals surface area contributed by atoms with E-state index in [9.17, 15) is 22.0 Å². The van der Waals surface area contributed by atoms with Crippen LogP contribution in [0.5, 0.6) is 0 Å². The normalized spacial score (nSPS) is 11.7. The number of sulfonamides is 1. The van der Waals surface area contributed by atoms with Crippen molar-refractivity contribution in [3.05, 3.63) is 27.2 Å². The maximum atomic E-state index is 12.0. The first-order valence-electron chi connectivity index (χ1n) is 4.71. The Morgan fingerprint density at radius 2 is 2.05 bits per heavy atom. The minimum absolute atomic E-state index is 0.00192. The van der Waals surface area contributed by atoms with Gasteiger partial charge in [0.05, 0.1) is 20.9 Å². The van der Waals surface area contributed by atoms with E-state index in [0.717, 1.165) is 12.1 Å². The second kappa shape index (κ2) is 6.12. The van der Waals surface area contributed by atoms with Gasteiger partial charge in [-0.1, -0.05) is 11.6 Å². The first-order chi connectivity index (χ1) is 8.62. The van der Waals surface area contributed by atoms with E-state index in [2.05, 4.69) is 15.9 Å².